The van der Waals surface area contributed by atoms with Crippen LogP contribution in [0.15, 0.2) is 4.79 Å². The number of H-pyrrole nitrogens is 1. The Labute approximate surface area is 278 Å². The van der Waals surface area contributed by atoms with E-state index in [0.717, 1.165) is 0 Å². The topological polar surface area (TPSA) is 208 Å². The number of methoxy groups -OCH3 is 6. The summed E-state index contributed by atoms with van der Waals surface area (Å²) in [5.41, 5.74) is -1.16. The van der Waals surface area contributed by atoms with Gasteiger partial charge in [-0.3, -0.25) is 29.0 Å². The average Bonchev–Trinajstić information content (AvgIpc) is 3.03. The smallest absolute Gasteiger partial charge is 0.309 e. The lowest BCUT2D eigenvalue weighted by Gasteiger charge is -2.19. The van der Waals surface area contributed by atoms with Gasteiger partial charge in [-0.05, 0) is 25.7 Å². The van der Waals surface area contributed by atoms with Crippen LogP contribution in [-0.2, 0) is 19.1 Å². The Bertz CT molecular complexity index is 1470. The van der Waals surface area contributed by atoms with E-state index < -0.39 is 46.6 Å². The summed E-state index contributed by atoms with van der Waals surface area (Å²) in [6.07, 6.45) is 2.41. The quantitative estimate of drug-likeness (QED) is 0.131. The number of nitrogens with one attached hydrogen (secondary N) is 1. The molecule has 0 saturated carbocycles. The van der Waals surface area contributed by atoms with Crippen LogP contribution in [-0.4, -0.2) is 94.5 Å². The molecule has 0 saturated heterocycles. The van der Waals surface area contributed by atoms with Crippen LogP contribution in [0.5, 0.6) is 40.6 Å². The Morgan fingerprint density at radius 2 is 1.19 bits per heavy atom. The van der Waals surface area contributed by atoms with Crippen LogP contribution in [0.4, 0.5) is 0 Å². The van der Waals surface area contributed by atoms with Crippen molar-refractivity contribution >= 4 is 23.5 Å². The molecule has 16 nitrogen and oxygen atoms in total. The van der Waals surface area contributed by atoms with Crippen LogP contribution in [0.3, 0.4) is 0 Å². The van der Waals surface area contributed by atoms with Gasteiger partial charge in [0.25, 0.3) is 11.4 Å². The van der Waals surface area contributed by atoms with Crippen LogP contribution in [0, 0.1) is 11.8 Å². The zero-order valence-corrected chi connectivity index (χ0v) is 29.1. The summed E-state index contributed by atoms with van der Waals surface area (Å²) in [6, 6.07) is 0. The number of aromatic amines is 1. The lowest BCUT2D eigenvalue weighted by Crippen LogP contribution is -2.23. The number of hydrogen-bond acceptors (Lipinski definition) is 15. The average molecular weight is 683 g/mol. The molecule has 2 atom stereocenters. The molecule has 0 aliphatic heterocycles. The molecule has 2 aromatic rings. The zero-order chi connectivity index (χ0) is 36.6. The number of ketones is 2. The third-order valence-electron chi connectivity index (χ3n) is 6.81. The minimum Gasteiger partial charge on any atom is -0.503 e. The van der Waals surface area contributed by atoms with E-state index in [9.17, 15) is 29.1 Å². The number of aromatic hydroxyl groups is 1. The minimum atomic E-state index is -0.700. The number of esters is 2. The first-order valence-corrected chi connectivity index (χ1v) is 14.9. The highest BCUT2D eigenvalue weighted by Crippen LogP contribution is 2.44. The maximum Gasteiger partial charge on any atom is 0.309 e. The highest BCUT2D eigenvalue weighted by molar-refractivity contribution is 6.04. The van der Waals surface area contributed by atoms with Crippen molar-refractivity contribution in [2.45, 2.75) is 53.4 Å². The Hall–Kier alpha value is -4.70. The lowest BCUT2D eigenvalue weighted by molar-refractivity contribution is -0.132. The fourth-order valence-electron chi connectivity index (χ4n) is 4.43. The van der Waals surface area contributed by atoms with Crippen molar-refractivity contribution < 1.29 is 62.2 Å². The van der Waals surface area contributed by atoms with Crippen molar-refractivity contribution in [2.75, 3.05) is 55.9 Å². The van der Waals surface area contributed by atoms with Crippen LogP contribution in [0.2, 0.25) is 0 Å². The molecule has 0 aliphatic carbocycles. The maximum atomic E-state index is 13.1. The zero-order valence-electron chi connectivity index (χ0n) is 29.1. The molecule has 2 unspecified atom stereocenters. The molecule has 0 fully saturated rings. The molecule has 48 heavy (non-hydrogen) atoms. The fourth-order valence-corrected chi connectivity index (χ4v) is 4.43. The lowest BCUT2D eigenvalue weighted by atomic mass is 9.95. The van der Waals surface area contributed by atoms with E-state index in [4.69, 9.17) is 37.9 Å². The van der Waals surface area contributed by atoms with Gasteiger partial charge in [0, 0.05) is 53.1 Å². The van der Waals surface area contributed by atoms with Crippen LogP contribution < -0.4 is 34.0 Å². The summed E-state index contributed by atoms with van der Waals surface area (Å²) in [7, 11) is 8.41. The van der Waals surface area contributed by atoms with Gasteiger partial charge >= 0.3 is 11.9 Å². The number of Topliss-reactive ketones (excluding diaryl/α,β-unsaturated/α-hetero) is 2. The van der Waals surface area contributed by atoms with E-state index in [1.807, 2.05) is 0 Å². The molecule has 0 bridgehead atoms. The van der Waals surface area contributed by atoms with Crippen LogP contribution >= 0.6 is 0 Å². The largest absolute Gasteiger partial charge is 0.503 e. The summed E-state index contributed by atoms with van der Waals surface area (Å²) in [4.78, 5) is 66.9. The van der Waals surface area contributed by atoms with Crippen molar-refractivity contribution in [3.8, 4) is 40.6 Å². The third kappa shape index (κ3) is 11.2. The number of pyridine rings is 2. The van der Waals surface area contributed by atoms with Crippen LogP contribution in [0.1, 0.15) is 74.1 Å². The predicted octanol–water partition coefficient (Wildman–Crippen LogP) is 3.54. The van der Waals surface area contributed by atoms with Crippen molar-refractivity contribution in [1.29, 1.82) is 0 Å². The molecular formula is C32H46N2O14. The van der Waals surface area contributed by atoms with E-state index in [2.05, 4.69) is 9.97 Å². The number of hydrogen-bond donors (Lipinski definition) is 2. The molecule has 268 valence electrons. The SMILES string of the molecule is COCCCC(C)C(=O)c1c(O)c(OC)c(OC)[nH]c1=O.COCCCC(C)C(=O)c1c(OC(C)=O)nc(OC)c(OC)c1OC(C)=O. The minimum absolute atomic E-state index is 0.0245. The first kappa shape index (κ1) is 41.3. The van der Waals surface area contributed by atoms with Gasteiger partial charge < -0.3 is 43.0 Å². The molecule has 2 heterocycles. The van der Waals surface area contributed by atoms with Gasteiger partial charge in [0.1, 0.15) is 11.1 Å². The standard InChI is InChI=1S/C18H25NO8.C14H21NO6/c1-10(8-7-9-23-4)14(22)13-15(26-11(2)20)16(24-5)18(25-6)19-17(13)27-12(3)21;1-8(6-5-7-19-2)10(16)9-11(17)12(20-3)14(21-4)15-13(9)18/h10H,7-9H2,1-6H3;8H,5-7H2,1-4H3,(H2,15,17,18). The highest BCUT2D eigenvalue weighted by Gasteiger charge is 2.32. The Morgan fingerprint density at radius 3 is 1.60 bits per heavy atom. The van der Waals surface area contributed by atoms with E-state index in [1.165, 1.54) is 42.3 Å². The second-order valence-corrected chi connectivity index (χ2v) is 10.4. The Morgan fingerprint density at radius 1 is 0.688 bits per heavy atom. The predicted molar refractivity (Wildman–Crippen MR) is 171 cm³/mol. The number of aromatic nitrogens is 2. The molecule has 0 amide bonds. The second-order valence-electron chi connectivity index (χ2n) is 10.4. The monoisotopic (exact) mass is 682 g/mol. The van der Waals surface area contributed by atoms with E-state index in [-0.39, 0.29) is 46.0 Å². The summed E-state index contributed by atoms with van der Waals surface area (Å²) in [5, 5.41) is 10.1. The van der Waals surface area contributed by atoms with Gasteiger partial charge in [0.2, 0.25) is 23.3 Å². The molecule has 0 radical (unpaired) electrons. The van der Waals surface area contributed by atoms with Gasteiger partial charge in [-0.1, -0.05) is 13.8 Å². The van der Waals surface area contributed by atoms with Crippen molar-refractivity contribution in [3.05, 3.63) is 21.5 Å². The van der Waals surface area contributed by atoms with Gasteiger partial charge in [-0.25, -0.2) is 0 Å². The number of carbonyl (C=O) groups excluding carboxylic acids is 4. The first-order chi connectivity index (χ1) is 22.7. The summed E-state index contributed by atoms with van der Waals surface area (Å²) in [6.45, 7) is 6.78. The molecule has 2 aromatic heterocycles. The van der Waals surface area contributed by atoms with Crippen molar-refractivity contribution in [2.24, 2.45) is 11.8 Å². The summed E-state index contributed by atoms with van der Waals surface area (Å²) >= 11 is 0. The van der Waals surface area contributed by atoms with Gasteiger partial charge in [-0.15, -0.1) is 0 Å². The normalized spacial score (nSPS) is 11.7. The van der Waals surface area contributed by atoms with E-state index >= 15 is 0 Å². The van der Waals surface area contributed by atoms with Gasteiger partial charge in [-0.2, -0.15) is 4.98 Å². The van der Waals surface area contributed by atoms with Crippen molar-refractivity contribution in [3.63, 3.8) is 0 Å². The molecular weight excluding hydrogens is 636 g/mol. The second kappa shape index (κ2) is 20.5. The van der Waals surface area contributed by atoms with E-state index in [0.29, 0.717) is 38.9 Å². The van der Waals surface area contributed by atoms with Gasteiger partial charge in [0.05, 0.1) is 28.4 Å². The summed E-state index contributed by atoms with van der Waals surface area (Å²) < 4.78 is 40.4. The molecule has 2 rings (SSSR count). The highest BCUT2D eigenvalue weighted by atomic mass is 16.6. The molecule has 0 aromatic carbocycles. The molecule has 0 spiro atoms. The number of rotatable bonds is 18. The fraction of sp³-hybridized carbons (Fsp3) is 0.562. The first-order valence-electron chi connectivity index (χ1n) is 14.9. The van der Waals surface area contributed by atoms with Gasteiger partial charge in [0.15, 0.2) is 23.1 Å². The summed E-state index contributed by atoms with van der Waals surface area (Å²) in [5.74, 6) is -4.33. The Kier molecular flexibility index (Phi) is 17.7. The van der Waals surface area contributed by atoms with Crippen LogP contribution in [0.25, 0.3) is 0 Å². The maximum absolute atomic E-state index is 13.1. The number of nitrogens with zero attached hydrogens (tertiary/aromatic N) is 1. The Balaban J connectivity index is 0.000000495. The van der Waals surface area contributed by atoms with E-state index in [1.54, 1.807) is 28.1 Å². The molecule has 16 heteroatoms. The molecule has 2 N–H and O–H groups in total. The number of carbonyl (C=O) groups is 4. The third-order valence-corrected chi connectivity index (χ3v) is 6.81. The number of ether oxygens (including phenoxy) is 8. The van der Waals surface area contributed by atoms with Crippen molar-refractivity contribution in [1.82, 2.24) is 9.97 Å². The molecule has 0 aliphatic rings.